The smallest absolute Gasteiger partial charge is 0.270 e. The highest BCUT2D eigenvalue weighted by atomic mass is 35.5. The Balaban J connectivity index is 1.87. The van der Waals surface area contributed by atoms with E-state index in [1.54, 1.807) is 0 Å². The SMILES string of the molecule is CC(=O)c1cc(C(=O)NCc2ccc(F)c(Cl)c2)nc2c(F)cnn12. The molecule has 9 heteroatoms. The van der Waals surface area contributed by atoms with E-state index < -0.39 is 23.3 Å². The number of carbonyl (C=O) groups excluding carboxylic acids is 2. The minimum Gasteiger partial charge on any atom is -0.347 e. The first kappa shape index (κ1) is 17.0. The first-order valence-corrected chi connectivity index (χ1v) is 7.52. The summed E-state index contributed by atoms with van der Waals surface area (Å²) in [7, 11) is 0. The number of hydrogen-bond acceptors (Lipinski definition) is 4. The second-order valence-corrected chi connectivity index (χ2v) is 5.65. The van der Waals surface area contributed by atoms with Gasteiger partial charge >= 0.3 is 0 Å². The Morgan fingerprint density at radius 1 is 1.24 bits per heavy atom. The van der Waals surface area contributed by atoms with Crippen molar-refractivity contribution in [2.24, 2.45) is 0 Å². The van der Waals surface area contributed by atoms with Crippen LogP contribution in [-0.4, -0.2) is 26.3 Å². The van der Waals surface area contributed by atoms with Gasteiger partial charge in [-0.05, 0) is 23.8 Å². The third-order valence-electron chi connectivity index (χ3n) is 3.46. The zero-order valence-corrected chi connectivity index (χ0v) is 13.6. The standard InChI is InChI=1S/C16H11ClF2N4O2/c1-8(24)14-5-13(22-15-12(19)7-21-23(14)15)16(25)20-6-9-2-3-11(18)10(17)4-9/h2-5,7H,6H2,1H3,(H,20,25). The molecule has 0 aliphatic heterocycles. The van der Waals surface area contributed by atoms with Gasteiger partial charge in [-0.25, -0.2) is 18.3 Å². The largest absolute Gasteiger partial charge is 0.347 e. The molecule has 2 heterocycles. The highest BCUT2D eigenvalue weighted by Crippen LogP contribution is 2.16. The van der Waals surface area contributed by atoms with Crippen molar-refractivity contribution in [1.82, 2.24) is 19.9 Å². The van der Waals surface area contributed by atoms with Crippen LogP contribution in [0.2, 0.25) is 5.02 Å². The lowest BCUT2D eigenvalue weighted by molar-refractivity contribution is 0.0946. The van der Waals surface area contributed by atoms with Crippen molar-refractivity contribution in [2.75, 3.05) is 0 Å². The van der Waals surface area contributed by atoms with E-state index in [0.29, 0.717) is 5.56 Å². The normalized spacial score (nSPS) is 10.9. The predicted octanol–water partition coefficient (Wildman–Crippen LogP) is 2.79. The summed E-state index contributed by atoms with van der Waals surface area (Å²) < 4.78 is 27.9. The van der Waals surface area contributed by atoms with E-state index in [2.05, 4.69) is 15.4 Å². The molecule has 3 aromatic rings. The molecule has 0 radical (unpaired) electrons. The number of ketones is 1. The molecule has 0 bridgehead atoms. The number of Topliss-reactive ketones (excluding diaryl/α,β-unsaturated/α-hetero) is 1. The molecule has 6 nitrogen and oxygen atoms in total. The van der Waals surface area contributed by atoms with Crippen molar-refractivity contribution in [3.63, 3.8) is 0 Å². The molecule has 1 amide bonds. The lowest BCUT2D eigenvalue weighted by Crippen LogP contribution is -2.25. The molecule has 2 aromatic heterocycles. The predicted molar refractivity (Wildman–Crippen MR) is 85.5 cm³/mol. The molecule has 0 spiro atoms. The van der Waals surface area contributed by atoms with E-state index in [4.69, 9.17) is 11.6 Å². The zero-order chi connectivity index (χ0) is 18.1. The molecular weight excluding hydrogens is 354 g/mol. The summed E-state index contributed by atoms with van der Waals surface area (Å²) in [6, 6.07) is 5.26. The molecule has 1 aromatic carbocycles. The number of halogens is 3. The van der Waals surface area contributed by atoms with E-state index >= 15 is 0 Å². The summed E-state index contributed by atoms with van der Waals surface area (Å²) in [5, 5.41) is 6.22. The molecule has 0 unspecified atom stereocenters. The number of carbonyl (C=O) groups is 2. The quantitative estimate of drug-likeness (QED) is 0.722. The number of benzene rings is 1. The molecule has 25 heavy (non-hydrogen) atoms. The first-order chi connectivity index (χ1) is 11.9. The molecule has 0 saturated carbocycles. The van der Waals surface area contributed by atoms with Gasteiger partial charge in [0.1, 0.15) is 17.2 Å². The van der Waals surface area contributed by atoms with E-state index in [1.807, 2.05) is 0 Å². The Labute approximate surface area is 145 Å². The second kappa shape index (κ2) is 6.56. The van der Waals surface area contributed by atoms with Gasteiger partial charge in [0.15, 0.2) is 17.2 Å². The maximum atomic E-state index is 13.7. The molecule has 0 atom stereocenters. The van der Waals surface area contributed by atoms with Gasteiger partial charge in [0.2, 0.25) is 0 Å². The second-order valence-electron chi connectivity index (χ2n) is 5.24. The lowest BCUT2D eigenvalue weighted by Gasteiger charge is -2.08. The first-order valence-electron chi connectivity index (χ1n) is 7.14. The Morgan fingerprint density at radius 2 is 2.00 bits per heavy atom. The minimum atomic E-state index is -0.748. The fourth-order valence-corrected chi connectivity index (χ4v) is 2.43. The lowest BCUT2D eigenvalue weighted by atomic mass is 10.2. The Kier molecular flexibility index (Phi) is 4.45. The van der Waals surface area contributed by atoms with Gasteiger partial charge in [-0.15, -0.1) is 0 Å². The summed E-state index contributed by atoms with van der Waals surface area (Å²) >= 11 is 5.68. The van der Waals surface area contributed by atoms with E-state index in [1.165, 1.54) is 31.2 Å². The van der Waals surface area contributed by atoms with Gasteiger partial charge in [0.25, 0.3) is 5.91 Å². The third-order valence-corrected chi connectivity index (χ3v) is 3.75. The van der Waals surface area contributed by atoms with Crippen molar-refractivity contribution in [1.29, 1.82) is 0 Å². The van der Waals surface area contributed by atoms with Crippen LogP contribution in [-0.2, 0) is 6.54 Å². The van der Waals surface area contributed by atoms with Crippen LogP contribution in [0.5, 0.6) is 0 Å². The fourth-order valence-electron chi connectivity index (χ4n) is 2.23. The van der Waals surface area contributed by atoms with Crippen molar-refractivity contribution in [3.8, 4) is 0 Å². The summed E-state index contributed by atoms with van der Waals surface area (Å²) in [6.45, 7) is 1.33. The van der Waals surface area contributed by atoms with Crippen molar-refractivity contribution in [2.45, 2.75) is 13.5 Å². The molecular formula is C16H11ClF2N4O2. The molecule has 1 N–H and O–H groups in total. The number of rotatable bonds is 4. The van der Waals surface area contributed by atoms with Crippen LogP contribution < -0.4 is 5.32 Å². The van der Waals surface area contributed by atoms with Crippen LogP contribution in [0, 0.1) is 11.6 Å². The monoisotopic (exact) mass is 364 g/mol. The summed E-state index contributed by atoms with van der Waals surface area (Å²) in [5.41, 5.74) is 0.250. The van der Waals surface area contributed by atoms with E-state index in [-0.39, 0.29) is 28.6 Å². The van der Waals surface area contributed by atoms with Gasteiger partial charge in [-0.1, -0.05) is 17.7 Å². The highest BCUT2D eigenvalue weighted by molar-refractivity contribution is 6.30. The molecule has 0 aliphatic carbocycles. The van der Waals surface area contributed by atoms with Gasteiger partial charge in [0.05, 0.1) is 11.2 Å². The Bertz CT molecular complexity index is 1000. The van der Waals surface area contributed by atoms with E-state index in [9.17, 15) is 18.4 Å². The fraction of sp³-hybridized carbons (Fsp3) is 0.125. The van der Waals surface area contributed by atoms with Gasteiger partial charge in [0, 0.05) is 13.5 Å². The van der Waals surface area contributed by atoms with Crippen LogP contribution in [0.4, 0.5) is 8.78 Å². The zero-order valence-electron chi connectivity index (χ0n) is 12.9. The van der Waals surface area contributed by atoms with Crippen molar-refractivity contribution < 1.29 is 18.4 Å². The molecule has 0 fully saturated rings. The molecule has 128 valence electrons. The van der Waals surface area contributed by atoms with E-state index in [0.717, 1.165) is 10.7 Å². The summed E-state index contributed by atoms with van der Waals surface area (Å²) in [5.74, 6) is -2.32. The van der Waals surface area contributed by atoms with Gasteiger partial charge in [-0.3, -0.25) is 9.59 Å². The third kappa shape index (κ3) is 3.34. The number of aromatic nitrogens is 3. The molecule has 0 aliphatic rings. The maximum absolute atomic E-state index is 13.7. The molecule has 3 rings (SSSR count). The molecule has 0 saturated heterocycles. The summed E-state index contributed by atoms with van der Waals surface area (Å²) in [6.07, 6.45) is 0.914. The summed E-state index contributed by atoms with van der Waals surface area (Å²) in [4.78, 5) is 27.9. The average molecular weight is 365 g/mol. The number of nitrogens with one attached hydrogen (secondary N) is 1. The van der Waals surface area contributed by atoms with Crippen LogP contribution in [0.1, 0.15) is 33.5 Å². The Hall–Kier alpha value is -2.87. The topological polar surface area (TPSA) is 76.4 Å². The highest BCUT2D eigenvalue weighted by Gasteiger charge is 2.17. The van der Waals surface area contributed by atoms with Gasteiger partial charge in [-0.2, -0.15) is 5.10 Å². The minimum absolute atomic E-state index is 0.0314. The van der Waals surface area contributed by atoms with Crippen LogP contribution in [0.15, 0.2) is 30.5 Å². The number of amides is 1. The van der Waals surface area contributed by atoms with Crippen LogP contribution in [0.3, 0.4) is 0 Å². The number of hydrogen-bond donors (Lipinski definition) is 1. The van der Waals surface area contributed by atoms with Crippen LogP contribution in [0.25, 0.3) is 5.65 Å². The van der Waals surface area contributed by atoms with Crippen molar-refractivity contribution in [3.05, 3.63) is 64.1 Å². The van der Waals surface area contributed by atoms with Crippen molar-refractivity contribution >= 4 is 28.9 Å². The average Bonchev–Trinajstić information content (AvgIpc) is 2.96. The van der Waals surface area contributed by atoms with Gasteiger partial charge < -0.3 is 5.32 Å². The maximum Gasteiger partial charge on any atom is 0.270 e. The number of nitrogens with zero attached hydrogens (tertiary/aromatic N) is 3. The van der Waals surface area contributed by atoms with Crippen LogP contribution >= 0.6 is 11.6 Å². The Morgan fingerprint density at radius 3 is 2.68 bits per heavy atom. The number of fused-ring (bicyclic) bond motifs is 1.